The summed E-state index contributed by atoms with van der Waals surface area (Å²) in [6.45, 7) is -0.341. The molecular formula is C10H9NO3S. The van der Waals surface area contributed by atoms with Crippen molar-refractivity contribution < 1.29 is 14.6 Å². The number of rotatable bonds is 2. The minimum atomic E-state index is -0.542. The summed E-state index contributed by atoms with van der Waals surface area (Å²) in [4.78, 5) is 11.5. The molecule has 1 aromatic rings. The number of aliphatic hydroxyl groups is 1. The van der Waals surface area contributed by atoms with E-state index in [0.717, 1.165) is 0 Å². The van der Waals surface area contributed by atoms with Gasteiger partial charge in [0, 0.05) is 10.5 Å². The Bertz CT molecular complexity index is 437. The van der Waals surface area contributed by atoms with E-state index in [1.54, 1.807) is 0 Å². The smallest absolute Gasteiger partial charge is 0.338 e. The van der Waals surface area contributed by atoms with Crippen LogP contribution in [0.25, 0.3) is 0 Å². The molecule has 0 fully saturated rings. The molecular weight excluding hydrogens is 214 g/mol. The SMILES string of the molecule is COC(=O)c1ccc(C#N)c(CO)c1S. The third kappa shape index (κ3) is 2.12. The Morgan fingerprint density at radius 2 is 2.33 bits per heavy atom. The van der Waals surface area contributed by atoms with Crippen LogP contribution in [-0.4, -0.2) is 18.2 Å². The van der Waals surface area contributed by atoms with Gasteiger partial charge in [-0.25, -0.2) is 4.79 Å². The molecule has 4 nitrogen and oxygen atoms in total. The minimum absolute atomic E-state index is 0.240. The van der Waals surface area contributed by atoms with Crippen molar-refractivity contribution >= 4 is 18.6 Å². The van der Waals surface area contributed by atoms with Crippen LogP contribution < -0.4 is 0 Å². The highest BCUT2D eigenvalue weighted by molar-refractivity contribution is 7.80. The molecule has 5 heteroatoms. The Labute approximate surface area is 92.5 Å². The first kappa shape index (κ1) is 11.6. The minimum Gasteiger partial charge on any atom is -0.465 e. The monoisotopic (exact) mass is 223 g/mol. The molecule has 0 saturated carbocycles. The topological polar surface area (TPSA) is 70.3 Å². The highest BCUT2D eigenvalue weighted by Crippen LogP contribution is 2.23. The molecule has 0 aliphatic rings. The number of hydrogen-bond acceptors (Lipinski definition) is 5. The number of esters is 1. The third-order valence-electron chi connectivity index (χ3n) is 1.97. The second-order valence-corrected chi connectivity index (χ2v) is 3.20. The van der Waals surface area contributed by atoms with Gasteiger partial charge in [-0.05, 0) is 12.1 Å². The van der Waals surface area contributed by atoms with E-state index in [1.165, 1.54) is 19.2 Å². The van der Waals surface area contributed by atoms with E-state index < -0.39 is 5.97 Å². The Hall–Kier alpha value is -1.51. The number of thiol groups is 1. The molecule has 1 aromatic carbocycles. The second-order valence-electron chi connectivity index (χ2n) is 2.75. The van der Waals surface area contributed by atoms with Crippen LogP contribution >= 0.6 is 12.6 Å². The van der Waals surface area contributed by atoms with Crippen LogP contribution in [0.5, 0.6) is 0 Å². The molecule has 0 unspecified atom stereocenters. The van der Waals surface area contributed by atoms with Gasteiger partial charge in [0.2, 0.25) is 0 Å². The van der Waals surface area contributed by atoms with Crippen molar-refractivity contribution in [3.8, 4) is 6.07 Å². The lowest BCUT2D eigenvalue weighted by Gasteiger charge is -2.08. The van der Waals surface area contributed by atoms with Crippen LogP contribution in [0.15, 0.2) is 17.0 Å². The molecule has 1 N–H and O–H groups in total. The average Bonchev–Trinajstić information content (AvgIpc) is 2.27. The van der Waals surface area contributed by atoms with Crippen molar-refractivity contribution in [1.29, 1.82) is 5.26 Å². The normalized spacial score (nSPS) is 9.47. The van der Waals surface area contributed by atoms with Crippen LogP contribution in [0.4, 0.5) is 0 Å². The van der Waals surface area contributed by atoms with Crippen molar-refractivity contribution in [3.05, 3.63) is 28.8 Å². The lowest BCUT2D eigenvalue weighted by molar-refractivity contribution is 0.0596. The van der Waals surface area contributed by atoms with Crippen molar-refractivity contribution in [3.63, 3.8) is 0 Å². The van der Waals surface area contributed by atoms with Crippen LogP contribution in [0.2, 0.25) is 0 Å². The third-order valence-corrected chi connectivity index (χ3v) is 2.48. The molecule has 78 valence electrons. The van der Waals surface area contributed by atoms with Gasteiger partial charge in [0.1, 0.15) is 0 Å². The first-order chi connectivity index (χ1) is 7.15. The number of ether oxygens (including phenoxy) is 1. The summed E-state index contributed by atoms with van der Waals surface area (Å²) in [7, 11) is 1.26. The highest BCUT2D eigenvalue weighted by Gasteiger charge is 2.15. The van der Waals surface area contributed by atoms with Gasteiger partial charge < -0.3 is 9.84 Å². The Morgan fingerprint density at radius 1 is 1.67 bits per heavy atom. The van der Waals surface area contributed by atoms with E-state index in [0.29, 0.717) is 11.1 Å². The summed E-state index contributed by atoms with van der Waals surface area (Å²) in [5.41, 5.74) is 0.878. The highest BCUT2D eigenvalue weighted by atomic mass is 32.1. The molecule has 0 saturated heterocycles. The quantitative estimate of drug-likeness (QED) is 0.582. The van der Waals surface area contributed by atoms with E-state index in [-0.39, 0.29) is 17.1 Å². The van der Waals surface area contributed by atoms with Gasteiger partial charge in [-0.3, -0.25) is 0 Å². The van der Waals surface area contributed by atoms with Crippen molar-refractivity contribution in [2.45, 2.75) is 11.5 Å². The number of carbonyl (C=O) groups excluding carboxylic acids is 1. The van der Waals surface area contributed by atoms with E-state index in [1.807, 2.05) is 6.07 Å². The fourth-order valence-electron chi connectivity index (χ4n) is 1.18. The maximum atomic E-state index is 11.3. The van der Waals surface area contributed by atoms with Gasteiger partial charge in [-0.2, -0.15) is 5.26 Å². The Kier molecular flexibility index (Phi) is 3.72. The molecule has 1 rings (SSSR count). The lowest BCUT2D eigenvalue weighted by Crippen LogP contribution is -2.05. The van der Waals surface area contributed by atoms with E-state index >= 15 is 0 Å². The Morgan fingerprint density at radius 3 is 2.80 bits per heavy atom. The lowest BCUT2D eigenvalue weighted by atomic mass is 10.1. The zero-order chi connectivity index (χ0) is 11.4. The number of methoxy groups -OCH3 is 1. The van der Waals surface area contributed by atoms with Crippen molar-refractivity contribution in [2.75, 3.05) is 7.11 Å². The first-order valence-corrected chi connectivity index (χ1v) is 4.54. The number of nitriles is 1. The molecule has 0 aliphatic carbocycles. The van der Waals surface area contributed by atoms with Crippen LogP contribution in [0.1, 0.15) is 21.5 Å². The number of benzene rings is 1. The first-order valence-electron chi connectivity index (χ1n) is 4.09. The zero-order valence-corrected chi connectivity index (χ0v) is 8.91. The fourth-order valence-corrected chi connectivity index (χ4v) is 1.53. The number of aliphatic hydroxyl groups excluding tert-OH is 1. The van der Waals surface area contributed by atoms with Gasteiger partial charge in [0.25, 0.3) is 0 Å². The van der Waals surface area contributed by atoms with Crippen molar-refractivity contribution in [2.24, 2.45) is 0 Å². The molecule has 0 aliphatic heterocycles. The summed E-state index contributed by atoms with van der Waals surface area (Å²) in [6.07, 6.45) is 0. The summed E-state index contributed by atoms with van der Waals surface area (Å²) in [5, 5.41) is 17.8. The summed E-state index contributed by atoms with van der Waals surface area (Å²) >= 11 is 4.10. The van der Waals surface area contributed by atoms with E-state index in [2.05, 4.69) is 17.4 Å². The largest absolute Gasteiger partial charge is 0.465 e. The van der Waals surface area contributed by atoms with Gasteiger partial charge in [-0.1, -0.05) is 0 Å². The summed E-state index contributed by atoms with van der Waals surface area (Å²) in [5.74, 6) is -0.542. The van der Waals surface area contributed by atoms with Crippen molar-refractivity contribution in [1.82, 2.24) is 0 Å². The maximum absolute atomic E-state index is 11.3. The predicted molar refractivity (Wildman–Crippen MR) is 55.7 cm³/mol. The fraction of sp³-hybridized carbons (Fsp3) is 0.200. The van der Waals surface area contributed by atoms with E-state index in [4.69, 9.17) is 10.4 Å². The van der Waals surface area contributed by atoms with Gasteiger partial charge in [0.15, 0.2) is 0 Å². The summed E-state index contributed by atoms with van der Waals surface area (Å²) < 4.78 is 4.54. The van der Waals surface area contributed by atoms with E-state index in [9.17, 15) is 4.79 Å². The molecule has 0 aromatic heterocycles. The van der Waals surface area contributed by atoms with Gasteiger partial charge >= 0.3 is 5.97 Å². The van der Waals surface area contributed by atoms with Crippen LogP contribution in [-0.2, 0) is 11.3 Å². The van der Waals surface area contributed by atoms with Gasteiger partial charge in [0.05, 0.1) is 30.9 Å². The standard InChI is InChI=1S/C10H9NO3S/c1-14-10(13)7-3-2-6(4-11)8(5-12)9(7)15/h2-3,12,15H,5H2,1H3. The number of carbonyl (C=O) groups is 1. The molecule has 0 atom stereocenters. The average molecular weight is 223 g/mol. The summed E-state index contributed by atoms with van der Waals surface area (Å²) in [6, 6.07) is 4.82. The van der Waals surface area contributed by atoms with Crippen LogP contribution in [0.3, 0.4) is 0 Å². The predicted octanol–water partition coefficient (Wildman–Crippen LogP) is 1.13. The molecule has 0 spiro atoms. The molecule has 0 radical (unpaired) electrons. The van der Waals surface area contributed by atoms with Crippen LogP contribution in [0, 0.1) is 11.3 Å². The number of hydrogen-bond donors (Lipinski definition) is 2. The molecule has 0 heterocycles. The maximum Gasteiger partial charge on any atom is 0.338 e. The Balaban J connectivity index is 3.37. The molecule has 15 heavy (non-hydrogen) atoms. The number of nitrogens with zero attached hydrogens (tertiary/aromatic N) is 1. The molecule has 0 bridgehead atoms. The van der Waals surface area contributed by atoms with Gasteiger partial charge in [-0.15, -0.1) is 12.6 Å². The molecule has 0 amide bonds. The zero-order valence-electron chi connectivity index (χ0n) is 8.02. The second kappa shape index (κ2) is 4.82.